The van der Waals surface area contributed by atoms with Gasteiger partial charge in [0.15, 0.2) is 0 Å². The van der Waals surface area contributed by atoms with Crippen LogP contribution in [0.5, 0.6) is 0 Å². The van der Waals surface area contributed by atoms with E-state index >= 15 is 0 Å². The molecule has 0 spiro atoms. The van der Waals surface area contributed by atoms with Crippen LogP contribution in [0.4, 0.5) is 0 Å². The zero-order valence-electron chi connectivity index (χ0n) is 10.9. The first-order valence-electron chi connectivity index (χ1n) is 5.96. The topological polar surface area (TPSA) is 46.5 Å². The van der Waals surface area contributed by atoms with E-state index in [9.17, 15) is 4.79 Å². The molecule has 1 aromatic rings. The van der Waals surface area contributed by atoms with Gasteiger partial charge in [-0.15, -0.1) is 0 Å². The van der Waals surface area contributed by atoms with E-state index < -0.39 is 11.5 Å². The minimum atomic E-state index is -0.459. The van der Waals surface area contributed by atoms with Gasteiger partial charge in [0, 0.05) is 6.61 Å². The van der Waals surface area contributed by atoms with Gasteiger partial charge in [-0.1, -0.05) is 50.8 Å². The van der Waals surface area contributed by atoms with Crippen molar-refractivity contribution >= 4 is 5.97 Å². The lowest BCUT2D eigenvalue weighted by molar-refractivity contribution is -0.150. The van der Waals surface area contributed by atoms with Gasteiger partial charge in [0.25, 0.3) is 0 Å². The van der Waals surface area contributed by atoms with E-state index in [2.05, 4.69) is 6.58 Å². The van der Waals surface area contributed by atoms with Crippen LogP contribution >= 0.6 is 0 Å². The molecule has 0 fully saturated rings. The second-order valence-electron chi connectivity index (χ2n) is 5.06. The lowest BCUT2D eigenvalue weighted by Crippen LogP contribution is -2.23. The van der Waals surface area contributed by atoms with Gasteiger partial charge < -0.3 is 9.84 Å². The van der Waals surface area contributed by atoms with Crippen molar-refractivity contribution in [1.29, 1.82) is 0 Å². The molecule has 18 heavy (non-hydrogen) atoms. The molecule has 3 nitrogen and oxygen atoms in total. The fourth-order valence-electron chi connectivity index (χ4n) is 1.52. The molecule has 0 amide bonds. The summed E-state index contributed by atoms with van der Waals surface area (Å²) in [6, 6.07) is 9.45. The number of hydrogen-bond donors (Lipinski definition) is 1. The van der Waals surface area contributed by atoms with Gasteiger partial charge in [0.1, 0.15) is 6.10 Å². The van der Waals surface area contributed by atoms with E-state index in [1.165, 1.54) is 0 Å². The average molecular weight is 248 g/mol. The molecular weight excluding hydrogens is 228 g/mol. The molecule has 1 aromatic carbocycles. The smallest absolute Gasteiger partial charge is 0.307 e. The molecule has 0 radical (unpaired) electrons. The first kappa shape index (κ1) is 14.5. The third kappa shape index (κ3) is 4.34. The first-order valence-corrected chi connectivity index (χ1v) is 5.96. The highest BCUT2D eigenvalue weighted by molar-refractivity contribution is 5.70. The van der Waals surface area contributed by atoms with Gasteiger partial charge in [-0.3, -0.25) is 4.79 Å². The molecule has 1 N–H and O–H groups in total. The summed E-state index contributed by atoms with van der Waals surface area (Å²) in [4.78, 5) is 11.8. The maximum Gasteiger partial charge on any atom is 0.307 e. The number of carbonyl (C=O) groups is 1. The number of carbonyl (C=O) groups excluding carboxylic acids is 1. The Kier molecular flexibility index (Phi) is 5.10. The van der Waals surface area contributed by atoms with Gasteiger partial charge >= 0.3 is 5.97 Å². The molecular formula is C15H20O3. The van der Waals surface area contributed by atoms with Crippen molar-refractivity contribution < 1.29 is 14.6 Å². The summed E-state index contributed by atoms with van der Waals surface area (Å²) in [6.45, 7) is 7.27. The fourth-order valence-corrected chi connectivity index (χ4v) is 1.52. The van der Waals surface area contributed by atoms with E-state index in [1.807, 2.05) is 44.2 Å². The minimum absolute atomic E-state index is 0.0494. The van der Waals surface area contributed by atoms with Gasteiger partial charge in [-0.05, 0) is 17.1 Å². The Morgan fingerprint density at radius 2 is 2.06 bits per heavy atom. The van der Waals surface area contributed by atoms with E-state index in [-0.39, 0.29) is 19.0 Å². The lowest BCUT2D eigenvalue weighted by Gasteiger charge is -2.22. The van der Waals surface area contributed by atoms with Crippen LogP contribution in [0.3, 0.4) is 0 Å². The van der Waals surface area contributed by atoms with Crippen LogP contribution in [-0.4, -0.2) is 17.7 Å². The molecule has 0 aromatic heterocycles. The van der Waals surface area contributed by atoms with Gasteiger partial charge in [-0.2, -0.15) is 0 Å². The van der Waals surface area contributed by atoms with Crippen LogP contribution < -0.4 is 0 Å². The van der Waals surface area contributed by atoms with Crippen molar-refractivity contribution in [3.8, 4) is 0 Å². The Balaban J connectivity index is 2.65. The molecule has 1 rings (SSSR count). The Labute approximate surface area is 108 Å². The normalized spacial score (nSPS) is 12.8. The molecule has 0 aliphatic heterocycles. The Morgan fingerprint density at radius 1 is 1.44 bits per heavy atom. The number of hydrogen-bond acceptors (Lipinski definition) is 3. The van der Waals surface area contributed by atoms with Crippen molar-refractivity contribution in [2.45, 2.75) is 26.4 Å². The zero-order valence-corrected chi connectivity index (χ0v) is 10.9. The SMILES string of the molecule is C=CC(OC(=O)CC(C)(C)CO)c1ccccc1. The maximum atomic E-state index is 11.8. The Hall–Kier alpha value is -1.61. The van der Waals surface area contributed by atoms with Crippen molar-refractivity contribution in [1.82, 2.24) is 0 Å². The van der Waals surface area contributed by atoms with Crippen LogP contribution in [0.25, 0.3) is 0 Å². The third-order valence-electron chi connectivity index (χ3n) is 2.65. The molecule has 1 unspecified atom stereocenters. The molecule has 0 bridgehead atoms. The summed E-state index contributed by atoms with van der Waals surface area (Å²) in [6.07, 6.45) is 1.34. The summed E-state index contributed by atoms with van der Waals surface area (Å²) in [7, 11) is 0. The molecule has 3 heteroatoms. The Bertz CT molecular complexity index is 395. The number of aliphatic hydroxyl groups is 1. The summed E-state index contributed by atoms with van der Waals surface area (Å²) < 4.78 is 5.36. The van der Waals surface area contributed by atoms with Crippen LogP contribution in [0.1, 0.15) is 31.9 Å². The number of benzene rings is 1. The monoisotopic (exact) mass is 248 g/mol. The largest absolute Gasteiger partial charge is 0.453 e. The van der Waals surface area contributed by atoms with Gasteiger partial charge in [0.05, 0.1) is 6.42 Å². The highest BCUT2D eigenvalue weighted by atomic mass is 16.5. The summed E-state index contributed by atoms with van der Waals surface area (Å²) in [5, 5.41) is 9.12. The fraction of sp³-hybridized carbons (Fsp3) is 0.400. The maximum absolute atomic E-state index is 11.8. The zero-order chi connectivity index (χ0) is 13.6. The standard InChI is InChI=1S/C15H20O3/c1-4-13(12-8-6-5-7-9-12)18-14(17)10-15(2,3)11-16/h4-9,13,16H,1,10-11H2,2-3H3. The predicted octanol–water partition coefficient (Wildman–Crippen LogP) is 2.87. The van der Waals surface area contributed by atoms with Crippen LogP contribution in [0.2, 0.25) is 0 Å². The Morgan fingerprint density at radius 3 is 2.56 bits per heavy atom. The second-order valence-corrected chi connectivity index (χ2v) is 5.06. The van der Waals surface area contributed by atoms with Crippen LogP contribution in [-0.2, 0) is 9.53 Å². The van der Waals surface area contributed by atoms with Crippen molar-refractivity contribution in [3.63, 3.8) is 0 Å². The van der Waals surface area contributed by atoms with E-state index in [4.69, 9.17) is 9.84 Å². The molecule has 0 saturated carbocycles. The van der Waals surface area contributed by atoms with Gasteiger partial charge in [-0.25, -0.2) is 0 Å². The summed E-state index contributed by atoms with van der Waals surface area (Å²) >= 11 is 0. The average Bonchev–Trinajstić information content (AvgIpc) is 2.36. The highest BCUT2D eigenvalue weighted by Crippen LogP contribution is 2.24. The molecule has 0 heterocycles. The quantitative estimate of drug-likeness (QED) is 0.622. The van der Waals surface area contributed by atoms with Crippen LogP contribution in [0, 0.1) is 5.41 Å². The molecule has 0 aliphatic carbocycles. The second kappa shape index (κ2) is 6.36. The lowest BCUT2D eigenvalue weighted by atomic mass is 9.91. The predicted molar refractivity (Wildman–Crippen MR) is 71.0 cm³/mol. The summed E-state index contributed by atoms with van der Waals surface area (Å²) in [5.41, 5.74) is 0.433. The molecule has 1 atom stereocenters. The number of esters is 1. The molecule has 0 aliphatic rings. The van der Waals surface area contributed by atoms with Crippen molar-refractivity contribution in [2.75, 3.05) is 6.61 Å². The number of aliphatic hydroxyl groups excluding tert-OH is 1. The highest BCUT2D eigenvalue weighted by Gasteiger charge is 2.23. The van der Waals surface area contributed by atoms with Crippen molar-refractivity contribution in [3.05, 3.63) is 48.6 Å². The number of ether oxygens (including phenoxy) is 1. The first-order chi connectivity index (χ1) is 8.48. The van der Waals surface area contributed by atoms with E-state index in [0.29, 0.717) is 0 Å². The molecule has 98 valence electrons. The summed E-state index contributed by atoms with van der Waals surface area (Å²) in [5.74, 6) is -0.331. The van der Waals surface area contributed by atoms with Crippen LogP contribution in [0.15, 0.2) is 43.0 Å². The van der Waals surface area contributed by atoms with E-state index in [0.717, 1.165) is 5.56 Å². The van der Waals surface area contributed by atoms with E-state index in [1.54, 1.807) is 6.08 Å². The van der Waals surface area contributed by atoms with Gasteiger partial charge in [0.2, 0.25) is 0 Å². The third-order valence-corrected chi connectivity index (χ3v) is 2.65. The molecule has 0 saturated heterocycles. The van der Waals surface area contributed by atoms with Crippen molar-refractivity contribution in [2.24, 2.45) is 5.41 Å². The number of rotatable bonds is 6. The minimum Gasteiger partial charge on any atom is -0.453 e.